The number of carbonyl (C=O) groups is 1. The molecule has 0 aliphatic carbocycles. The molecule has 1 aliphatic heterocycles. The molecule has 0 unspecified atom stereocenters. The second-order valence-electron chi connectivity index (χ2n) is 5.19. The highest BCUT2D eigenvalue weighted by molar-refractivity contribution is 5.95. The number of carbonyl (C=O) groups excluding carboxylic acids is 1. The van der Waals surface area contributed by atoms with Crippen molar-refractivity contribution in [2.45, 2.75) is 13.0 Å². The predicted molar refractivity (Wildman–Crippen MR) is 85.8 cm³/mol. The first-order valence-electron chi connectivity index (χ1n) is 7.02. The maximum atomic E-state index is 12.5. The number of piperazine rings is 1. The molecule has 0 bridgehead atoms. The molecule has 22 heavy (non-hydrogen) atoms. The Morgan fingerprint density at radius 1 is 1.36 bits per heavy atom. The first kappa shape index (κ1) is 16.3. The van der Waals surface area contributed by atoms with Crippen LogP contribution in [0.2, 0.25) is 0 Å². The number of hydrogen-bond acceptors (Lipinski definition) is 4. The summed E-state index contributed by atoms with van der Waals surface area (Å²) in [6.07, 6.45) is 1.47. The summed E-state index contributed by atoms with van der Waals surface area (Å²) in [4.78, 5) is 14.3. The summed E-state index contributed by atoms with van der Waals surface area (Å²) in [5.41, 5.74) is 0.910. The fraction of sp³-hybridized carbons (Fsp3) is 0.333. The summed E-state index contributed by atoms with van der Waals surface area (Å²) in [7, 11) is 0. The van der Waals surface area contributed by atoms with E-state index in [1.807, 2.05) is 37.3 Å². The van der Waals surface area contributed by atoms with Gasteiger partial charge in [-0.05, 0) is 19.1 Å². The quantitative estimate of drug-likeness (QED) is 0.877. The lowest BCUT2D eigenvalue weighted by molar-refractivity contribution is 0.0646. The van der Waals surface area contributed by atoms with Crippen molar-refractivity contribution in [3.8, 4) is 11.4 Å². The van der Waals surface area contributed by atoms with Gasteiger partial charge < -0.3 is 15.3 Å². The normalized spacial score (nSPS) is 17.9. The molecule has 0 radical (unpaired) electrons. The largest absolute Gasteiger partial charge is 0.504 e. The highest BCUT2D eigenvalue weighted by atomic mass is 35.5. The predicted octanol–water partition coefficient (Wildman–Crippen LogP) is 1.43. The zero-order chi connectivity index (χ0) is 14.8. The van der Waals surface area contributed by atoms with Crippen LogP contribution in [0.15, 0.2) is 36.5 Å². The Balaban J connectivity index is 0.00000176. The van der Waals surface area contributed by atoms with Crippen LogP contribution in [-0.2, 0) is 0 Å². The fourth-order valence-electron chi connectivity index (χ4n) is 2.51. The van der Waals surface area contributed by atoms with E-state index in [0.717, 1.165) is 18.8 Å². The third-order valence-electron chi connectivity index (χ3n) is 3.68. The molecule has 1 aromatic heterocycles. The van der Waals surface area contributed by atoms with Crippen molar-refractivity contribution in [2.75, 3.05) is 19.6 Å². The highest BCUT2D eigenvalue weighted by Crippen LogP contribution is 2.21. The lowest BCUT2D eigenvalue weighted by Gasteiger charge is -2.33. The van der Waals surface area contributed by atoms with E-state index in [2.05, 4.69) is 10.4 Å². The van der Waals surface area contributed by atoms with Gasteiger partial charge in [0.15, 0.2) is 11.4 Å². The average molecular weight is 323 g/mol. The number of aromatic nitrogens is 2. The molecular weight excluding hydrogens is 304 g/mol. The van der Waals surface area contributed by atoms with Crippen LogP contribution in [0.3, 0.4) is 0 Å². The molecule has 0 spiro atoms. The van der Waals surface area contributed by atoms with Crippen molar-refractivity contribution in [3.63, 3.8) is 0 Å². The van der Waals surface area contributed by atoms with Gasteiger partial charge in [0.1, 0.15) is 0 Å². The van der Waals surface area contributed by atoms with Gasteiger partial charge in [-0.15, -0.1) is 12.4 Å². The summed E-state index contributed by atoms with van der Waals surface area (Å²) in [6, 6.07) is 9.50. The minimum Gasteiger partial charge on any atom is -0.504 e. The van der Waals surface area contributed by atoms with Gasteiger partial charge in [-0.3, -0.25) is 4.79 Å². The van der Waals surface area contributed by atoms with E-state index in [1.165, 1.54) is 10.9 Å². The van der Waals surface area contributed by atoms with E-state index in [-0.39, 0.29) is 35.8 Å². The van der Waals surface area contributed by atoms with E-state index in [0.29, 0.717) is 6.54 Å². The van der Waals surface area contributed by atoms with Crippen LogP contribution in [0.25, 0.3) is 5.69 Å². The van der Waals surface area contributed by atoms with Crippen LogP contribution in [0.1, 0.15) is 17.4 Å². The van der Waals surface area contributed by atoms with E-state index < -0.39 is 0 Å². The standard InChI is InChI=1S/C15H18N4O2.ClH/c1-11-9-16-7-8-18(11)15(21)14-13(20)10-19(17-14)12-5-3-2-4-6-12;/h2-6,10-11,16,20H,7-9H2,1H3;1H/t11-;/m1./s1. The van der Waals surface area contributed by atoms with Crippen molar-refractivity contribution in [1.29, 1.82) is 0 Å². The molecule has 1 saturated heterocycles. The number of aromatic hydroxyl groups is 1. The van der Waals surface area contributed by atoms with Crippen LogP contribution < -0.4 is 5.32 Å². The number of nitrogens with one attached hydrogen (secondary N) is 1. The summed E-state index contributed by atoms with van der Waals surface area (Å²) in [6.45, 7) is 4.12. The van der Waals surface area contributed by atoms with Gasteiger partial charge in [-0.1, -0.05) is 18.2 Å². The van der Waals surface area contributed by atoms with Gasteiger partial charge in [0.05, 0.1) is 11.9 Å². The molecule has 1 amide bonds. The van der Waals surface area contributed by atoms with E-state index in [4.69, 9.17) is 0 Å². The molecule has 1 aliphatic rings. The summed E-state index contributed by atoms with van der Waals surface area (Å²) < 4.78 is 1.52. The Labute approximate surface area is 135 Å². The molecule has 2 N–H and O–H groups in total. The zero-order valence-electron chi connectivity index (χ0n) is 12.3. The van der Waals surface area contributed by atoms with E-state index in [9.17, 15) is 9.90 Å². The first-order chi connectivity index (χ1) is 10.2. The molecular formula is C15H19ClN4O2. The molecule has 118 valence electrons. The summed E-state index contributed by atoms with van der Waals surface area (Å²) in [5.74, 6) is -0.314. The lowest BCUT2D eigenvalue weighted by Crippen LogP contribution is -2.52. The van der Waals surface area contributed by atoms with Gasteiger partial charge in [-0.2, -0.15) is 5.10 Å². The SMILES string of the molecule is C[C@@H]1CNCCN1C(=O)c1nn(-c2ccccc2)cc1O.Cl. The van der Waals surface area contributed by atoms with Gasteiger partial charge in [0, 0.05) is 25.7 Å². The molecule has 1 fully saturated rings. The topological polar surface area (TPSA) is 70.4 Å². The van der Waals surface area contributed by atoms with E-state index >= 15 is 0 Å². The number of rotatable bonds is 2. The number of nitrogens with zero attached hydrogens (tertiary/aromatic N) is 3. The van der Waals surface area contributed by atoms with Crippen LogP contribution in [0.5, 0.6) is 5.75 Å². The molecule has 0 saturated carbocycles. The molecule has 6 nitrogen and oxygen atoms in total. The Hall–Kier alpha value is -2.05. The van der Waals surface area contributed by atoms with Crippen molar-refractivity contribution in [3.05, 3.63) is 42.2 Å². The van der Waals surface area contributed by atoms with Crippen LogP contribution >= 0.6 is 12.4 Å². The maximum absolute atomic E-state index is 12.5. The number of benzene rings is 1. The summed E-state index contributed by atoms with van der Waals surface area (Å²) >= 11 is 0. The minimum atomic E-state index is -0.226. The van der Waals surface area contributed by atoms with Gasteiger partial charge in [0.2, 0.25) is 0 Å². The number of para-hydroxylation sites is 1. The Bertz CT molecular complexity index is 644. The third-order valence-corrected chi connectivity index (χ3v) is 3.68. The average Bonchev–Trinajstić information content (AvgIpc) is 2.90. The Morgan fingerprint density at radius 2 is 2.09 bits per heavy atom. The lowest BCUT2D eigenvalue weighted by atomic mass is 10.2. The highest BCUT2D eigenvalue weighted by Gasteiger charge is 2.28. The molecule has 3 rings (SSSR count). The van der Waals surface area contributed by atoms with Crippen molar-refractivity contribution >= 4 is 18.3 Å². The fourth-order valence-corrected chi connectivity index (χ4v) is 2.51. The molecule has 1 atom stereocenters. The number of amides is 1. The van der Waals surface area contributed by atoms with Crippen molar-refractivity contribution < 1.29 is 9.90 Å². The van der Waals surface area contributed by atoms with Gasteiger partial charge >= 0.3 is 0 Å². The van der Waals surface area contributed by atoms with Crippen LogP contribution in [0, 0.1) is 0 Å². The zero-order valence-corrected chi connectivity index (χ0v) is 13.1. The molecule has 1 aromatic carbocycles. The smallest absolute Gasteiger partial charge is 0.278 e. The van der Waals surface area contributed by atoms with Crippen LogP contribution in [-0.4, -0.2) is 51.4 Å². The van der Waals surface area contributed by atoms with Gasteiger partial charge in [0.25, 0.3) is 5.91 Å². The monoisotopic (exact) mass is 322 g/mol. The van der Waals surface area contributed by atoms with Crippen LogP contribution in [0.4, 0.5) is 0 Å². The number of hydrogen-bond donors (Lipinski definition) is 2. The molecule has 2 aromatic rings. The second kappa shape index (κ2) is 6.81. The Kier molecular flexibility index (Phi) is 5.05. The van der Waals surface area contributed by atoms with Gasteiger partial charge in [-0.25, -0.2) is 4.68 Å². The Morgan fingerprint density at radius 3 is 2.77 bits per heavy atom. The molecule has 7 heteroatoms. The van der Waals surface area contributed by atoms with E-state index in [1.54, 1.807) is 4.90 Å². The third kappa shape index (κ3) is 3.08. The summed E-state index contributed by atoms with van der Waals surface area (Å²) in [5, 5.41) is 17.5. The first-order valence-corrected chi connectivity index (χ1v) is 7.02. The van der Waals surface area contributed by atoms with Crippen molar-refractivity contribution in [1.82, 2.24) is 20.0 Å². The maximum Gasteiger partial charge on any atom is 0.278 e. The minimum absolute atomic E-state index is 0. The number of halogens is 1. The molecule has 2 heterocycles. The second-order valence-corrected chi connectivity index (χ2v) is 5.19. The van der Waals surface area contributed by atoms with Crippen molar-refractivity contribution in [2.24, 2.45) is 0 Å².